The van der Waals surface area contributed by atoms with Crippen molar-refractivity contribution in [3.05, 3.63) is 52.8 Å². The molecule has 0 spiro atoms. The van der Waals surface area contributed by atoms with Crippen molar-refractivity contribution in [1.82, 2.24) is 20.0 Å². The Balaban J connectivity index is 1.86. The summed E-state index contributed by atoms with van der Waals surface area (Å²) in [5, 5.41) is 7.21. The lowest BCUT2D eigenvalue weighted by atomic mass is 10.1. The molecule has 0 radical (unpaired) electrons. The van der Waals surface area contributed by atoms with Crippen molar-refractivity contribution in [3.63, 3.8) is 0 Å². The van der Waals surface area contributed by atoms with Crippen molar-refractivity contribution in [2.45, 2.75) is 39.7 Å². The van der Waals surface area contributed by atoms with E-state index in [9.17, 15) is 9.59 Å². The Morgan fingerprint density at radius 2 is 1.74 bits per heavy atom. The summed E-state index contributed by atoms with van der Waals surface area (Å²) in [5.74, 6) is -0.188. The molecule has 0 aliphatic heterocycles. The number of aromatic nitrogens is 2. The van der Waals surface area contributed by atoms with Crippen LogP contribution in [-0.2, 0) is 11.3 Å². The molecule has 0 saturated heterocycles. The average molecular weight is 370 g/mol. The molecule has 2 aromatic rings. The molecule has 0 aliphatic carbocycles. The molecule has 2 rings (SSSR count). The molecule has 146 valence electrons. The van der Waals surface area contributed by atoms with Gasteiger partial charge in [-0.25, -0.2) is 4.68 Å². The van der Waals surface area contributed by atoms with Crippen LogP contribution in [0.1, 0.15) is 33.1 Å². The van der Waals surface area contributed by atoms with Crippen molar-refractivity contribution >= 4 is 5.91 Å². The third kappa shape index (κ3) is 6.98. The molecule has 1 N–H and O–H groups in total. The second-order valence-electron chi connectivity index (χ2n) is 6.63. The molecule has 0 aliphatic rings. The molecule has 1 heterocycles. The van der Waals surface area contributed by atoms with E-state index in [1.54, 1.807) is 6.07 Å². The maximum Gasteiger partial charge on any atom is 0.267 e. The van der Waals surface area contributed by atoms with Crippen LogP contribution in [0.2, 0.25) is 0 Å². The smallest absolute Gasteiger partial charge is 0.267 e. The summed E-state index contributed by atoms with van der Waals surface area (Å²) < 4.78 is 1.22. The van der Waals surface area contributed by atoms with Crippen molar-refractivity contribution in [2.75, 3.05) is 26.2 Å². The first-order valence-corrected chi connectivity index (χ1v) is 9.76. The van der Waals surface area contributed by atoms with Gasteiger partial charge in [0.1, 0.15) is 6.54 Å². The highest BCUT2D eigenvalue weighted by Crippen LogP contribution is 2.13. The van der Waals surface area contributed by atoms with Gasteiger partial charge < -0.3 is 10.2 Å². The van der Waals surface area contributed by atoms with E-state index in [4.69, 9.17) is 0 Å². The predicted molar refractivity (Wildman–Crippen MR) is 109 cm³/mol. The predicted octanol–water partition coefficient (Wildman–Crippen LogP) is 2.54. The molecule has 27 heavy (non-hydrogen) atoms. The van der Waals surface area contributed by atoms with Crippen molar-refractivity contribution in [3.8, 4) is 11.3 Å². The SMILES string of the molecule is CCCN(CCC)CCCNC(=O)Cn1nc(-c2ccccc2)ccc1=O. The van der Waals surface area contributed by atoms with Gasteiger partial charge in [-0.1, -0.05) is 44.2 Å². The largest absolute Gasteiger partial charge is 0.354 e. The first-order valence-electron chi connectivity index (χ1n) is 9.76. The zero-order chi connectivity index (χ0) is 19.5. The Labute approximate surface area is 161 Å². The molecule has 6 nitrogen and oxygen atoms in total. The van der Waals surface area contributed by atoms with E-state index in [0.29, 0.717) is 12.2 Å². The molecular formula is C21H30N4O2. The van der Waals surface area contributed by atoms with Crippen LogP contribution in [0.15, 0.2) is 47.3 Å². The maximum absolute atomic E-state index is 12.2. The fraction of sp³-hybridized carbons (Fsp3) is 0.476. The third-order valence-corrected chi connectivity index (χ3v) is 4.28. The van der Waals surface area contributed by atoms with E-state index >= 15 is 0 Å². The van der Waals surface area contributed by atoms with E-state index in [2.05, 4.69) is 29.2 Å². The second kappa shape index (κ2) is 11.3. The molecule has 0 bridgehead atoms. The topological polar surface area (TPSA) is 67.2 Å². The monoisotopic (exact) mass is 370 g/mol. The third-order valence-electron chi connectivity index (χ3n) is 4.28. The standard InChI is InChI=1S/C21H30N4O2/c1-3-14-24(15-4-2)16-8-13-22-20(26)17-25-21(27)12-11-19(23-25)18-9-6-5-7-10-18/h5-7,9-12H,3-4,8,13-17H2,1-2H3,(H,22,26). The highest BCUT2D eigenvalue weighted by molar-refractivity contribution is 5.75. The zero-order valence-corrected chi connectivity index (χ0v) is 16.4. The van der Waals surface area contributed by atoms with Gasteiger partial charge in [0, 0.05) is 18.2 Å². The van der Waals surface area contributed by atoms with Crippen LogP contribution < -0.4 is 10.9 Å². The van der Waals surface area contributed by atoms with Crippen molar-refractivity contribution < 1.29 is 4.79 Å². The quantitative estimate of drug-likeness (QED) is 0.617. The summed E-state index contributed by atoms with van der Waals surface area (Å²) in [4.78, 5) is 26.6. The summed E-state index contributed by atoms with van der Waals surface area (Å²) >= 11 is 0. The number of carbonyl (C=O) groups excluding carboxylic acids is 1. The van der Waals surface area contributed by atoms with Crippen LogP contribution >= 0.6 is 0 Å². The number of carbonyl (C=O) groups is 1. The number of rotatable bonds is 11. The first kappa shape index (κ1) is 20.8. The van der Waals surface area contributed by atoms with Crippen LogP contribution in [0.3, 0.4) is 0 Å². The van der Waals surface area contributed by atoms with Crippen LogP contribution in [0.25, 0.3) is 11.3 Å². The minimum Gasteiger partial charge on any atom is -0.354 e. The summed E-state index contributed by atoms with van der Waals surface area (Å²) in [7, 11) is 0. The minimum absolute atomic E-state index is 0.0624. The van der Waals surface area contributed by atoms with E-state index < -0.39 is 0 Å². The summed E-state index contributed by atoms with van der Waals surface area (Å²) in [5.41, 5.74) is 1.32. The minimum atomic E-state index is -0.276. The highest BCUT2D eigenvalue weighted by Gasteiger charge is 2.08. The number of hydrogen-bond acceptors (Lipinski definition) is 4. The summed E-state index contributed by atoms with van der Waals surface area (Å²) in [6.45, 7) is 8.06. The van der Waals surface area contributed by atoms with Gasteiger partial charge in [0.05, 0.1) is 5.69 Å². The maximum atomic E-state index is 12.2. The highest BCUT2D eigenvalue weighted by atomic mass is 16.2. The Hall–Kier alpha value is -2.47. The van der Waals surface area contributed by atoms with Gasteiger partial charge in [-0.2, -0.15) is 5.10 Å². The molecule has 0 fully saturated rings. The number of nitrogens with zero attached hydrogens (tertiary/aromatic N) is 3. The Kier molecular flexibility index (Phi) is 8.71. The van der Waals surface area contributed by atoms with Crippen LogP contribution in [-0.4, -0.2) is 46.8 Å². The van der Waals surface area contributed by atoms with Gasteiger partial charge in [-0.3, -0.25) is 9.59 Å². The summed E-state index contributed by atoms with van der Waals surface area (Å²) in [6, 6.07) is 12.7. The van der Waals surface area contributed by atoms with E-state index in [1.807, 2.05) is 30.3 Å². The second-order valence-corrected chi connectivity index (χ2v) is 6.63. The Morgan fingerprint density at radius 1 is 1.04 bits per heavy atom. The van der Waals surface area contributed by atoms with Crippen LogP contribution in [0.4, 0.5) is 0 Å². The summed E-state index contributed by atoms with van der Waals surface area (Å²) in [6.07, 6.45) is 3.18. The van der Waals surface area contributed by atoms with Gasteiger partial charge in [-0.15, -0.1) is 0 Å². The van der Waals surface area contributed by atoms with Crippen molar-refractivity contribution in [2.24, 2.45) is 0 Å². The normalized spacial score (nSPS) is 10.9. The number of hydrogen-bond donors (Lipinski definition) is 1. The molecule has 1 aromatic carbocycles. The number of benzene rings is 1. The number of nitrogens with one attached hydrogen (secondary N) is 1. The van der Waals surface area contributed by atoms with Gasteiger partial charge in [0.15, 0.2) is 0 Å². The fourth-order valence-corrected chi connectivity index (χ4v) is 3.02. The Morgan fingerprint density at radius 3 is 2.41 bits per heavy atom. The van der Waals surface area contributed by atoms with E-state index in [1.165, 1.54) is 10.7 Å². The molecule has 0 atom stereocenters. The van der Waals surface area contributed by atoms with Crippen LogP contribution in [0, 0.1) is 0 Å². The lowest BCUT2D eigenvalue weighted by Crippen LogP contribution is -2.35. The Bertz CT molecular complexity index is 752. The van der Waals surface area contributed by atoms with E-state index in [0.717, 1.165) is 44.5 Å². The molecular weight excluding hydrogens is 340 g/mol. The van der Waals surface area contributed by atoms with Gasteiger partial charge in [-0.05, 0) is 45.0 Å². The first-order chi connectivity index (χ1) is 13.1. The lowest BCUT2D eigenvalue weighted by Gasteiger charge is -2.20. The molecule has 6 heteroatoms. The molecule has 0 saturated carbocycles. The molecule has 0 unspecified atom stereocenters. The number of amides is 1. The lowest BCUT2D eigenvalue weighted by molar-refractivity contribution is -0.121. The van der Waals surface area contributed by atoms with Crippen molar-refractivity contribution in [1.29, 1.82) is 0 Å². The average Bonchev–Trinajstić information content (AvgIpc) is 2.68. The molecule has 1 aromatic heterocycles. The molecule has 1 amide bonds. The van der Waals surface area contributed by atoms with Gasteiger partial charge in [0.25, 0.3) is 5.56 Å². The van der Waals surface area contributed by atoms with E-state index in [-0.39, 0.29) is 18.0 Å². The fourth-order valence-electron chi connectivity index (χ4n) is 3.02. The van der Waals surface area contributed by atoms with Crippen LogP contribution in [0.5, 0.6) is 0 Å². The van der Waals surface area contributed by atoms with Gasteiger partial charge in [0.2, 0.25) is 5.91 Å². The van der Waals surface area contributed by atoms with Gasteiger partial charge >= 0.3 is 0 Å². The zero-order valence-electron chi connectivity index (χ0n) is 16.4.